The summed E-state index contributed by atoms with van der Waals surface area (Å²) in [6, 6.07) is 28.4. The molecule has 0 saturated heterocycles. The number of carbonyl (C=O) groups excluding carboxylic acids is 2. The van der Waals surface area contributed by atoms with Gasteiger partial charge in [-0.3, -0.25) is 9.59 Å². The fourth-order valence-electron chi connectivity index (χ4n) is 4.18. The second kappa shape index (κ2) is 13.9. The van der Waals surface area contributed by atoms with Crippen molar-refractivity contribution in [2.75, 3.05) is 0 Å². The Hall–Kier alpha value is -3.02. The van der Waals surface area contributed by atoms with Gasteiger partial charge in [0.1, 0.15) is 6.04 Å². The molecule has 0 fully saturated rings. The smallest absolute Gasteiger partial charge is 0.243 e. The largest absolute Gasteiger partial charge is 0.350 e. The van der Waals surface area contributed by atoms with Crippen LogP contribution in [0.15, 0.2) is 97.1 Å². The van der Waals surface area contributed by atoms with E-state index >= 15 is 0 Å². The van der Waals surface area contributed by atoms with Crippen LogP contribution in [0, 0.1) is 0 Å². The van der Waals surface area contributed by atoms with E-state index in [0.717, 1.165) is 22.3 Å². The van der Waals surface area contributed by atoms with Crippen molar-refractivity contribution in [3.63, 3.8) is 0 Å². The molecule has 4 aromatic carbocycles. The van der Waals surface area contributed by atoms with Gasteiger partial charge >= 0.3 is 0 Å². The molecule has 2 amide bonds. The summed E-state index contributed by atoms with van der Waals surface area (Å²) in [5.41, 5.74) is 3.32. The molecule has 39 heavy (non-hydrogen) atoms. The summed E-state index contributed by atoms with van der Waals surface area (Å²) in [5.74, 6) is -0.476. The molecule has 4 aromatic rings. The highest BCUT2D eigenvalue weighted by Gasteiger charge is 2.30. The van der Waals surface area contributed by atoms with Crippen LogP contribution >= 0.6 is 46.4 Å². The molecule has 0 spiro atoms. The molecule has 4 nitrogen and oxygen atoms in total. The van der Waals surface area contributed by atoms with Crippen LogP contribution in [-0.2, 0) is 35.5 Å². The van der Waals surface area contributed by atoms with Gasteiger partial charge in [-0.05, 0) is 58.7 Å². The van der Waals surface area contributed by atoms with Crippen molar-refractivity contribution >= 4 is 58.2 Å². The molecule has 200 valence electrons. The zero-order chi connectivity index (χ0) is 27.8. The lowest BCUT2D eigenvalue weighted by Crippen LogP contribution is -2.50. The fraction of sp³-hybridized carbons (Fsp3) is 0.161. The summed E-state index contributed by atoms with van der Waals surface area (Å²) in [5, 5.41) is 5.14. The Morgan fingerprint density at radius 3 is 1.90 bits per heavy atom. The van der Waals surface area contributed by atoms with Crippen LogP contribution in [0.2, 0.25) is 20.1 Å². The molecule has 0 aliphatic heterocycles. The summed E-state index contributed by atoms with van der Waals surface area (Å²) in [7, 11) is 0. The molecule has 0 aliphatic rings. The maximum atomic E-state index is 13.8. The molecule has 0 bridgehead atoms. The molecule has 0 radical (unpaired) electrons. The van der Waals surface area contributed by atoms with Gasteiger partial charge in [0.25, 0.3) is 0 Å². The van der Waals surface area contributed by atoms with E-state index in [4.69, 9.17) is 46.4 Å². The van der Waals surface area contributed by atoms with Crippen LogP contribution in [0.5, 0.6) is 0 Å². The van der Waals surface area contributed by atoms with Crippen molar-refractivity contribution in [3.8, 4) is 0 Å². The molecule has 0 heterocycles. The van der Waals surface area contributed by atoms with E-state index in [-0.39, 0.29) is 31.3 Å². The predicted molar refractivity (Wildman–Crippen MR) is 159 cm³/mol. The number of amides is 2. The SMILES string of the molecule is O=C(NCc1ccc(Cl)cc1Cl)C(Cc1ccccc1)N(Cc1ccc(Cl)cc1)C(=O)Cc1ccc(Cl)cc1. The summed E-state index contributed by atoms with van der Waals surface area (Å²) in [6.07, 6.45) is 0.452. The van der Waals surface area contributed by atoms with Gasteiger partial charge in [0.15, 0.2) is 0 Å². The highest BCUT2D eigenvalue weighted by molar-refractivity contribution is 6.35. The first-order chi connectivity index (χ1) is 18.8. The number of carbonyl (C=O) groups is 2. The molecule has 8 heteroatoms. The Labute approximate surface area is 248 Å². The zero-order valence-electron chi connectivity index (χ0n) is 20.9. The van der Waals surface area contributed by atoms with Crippen molar-refractivity contribution < 1.29 is 9.59 Å². The third-order valence-corrected chi connectivity index (χ3v) is 7.36. The van der Waals surface area contributed by atoms with Gasteiger partial charge in [0, 0.05) is 39.6 Å². The standard InChI is InChI=1S/C31H26Cl4N2O2/c32-25-11-6-22(7-12-25)17-30(38)37(20-23-8-13-26(33)14-9-23)29(16-21-4-2-1-3-5-21)31(39)36-19-24-10-15-27(34)18-28(24)35/h1-15,18,29H,16-17,19-20H2,(H,36,39). The number of hydrogen-bond donors (Lipinski definition) is 1. The minimum atomic E-state index is -0.783. The average molecular weight is 600 g/mol. The molecule has 0 saturated carbocycles. The van der Waals surface area contributed by atoms with Crippen LogP contribution < -0.4 is 5.32 Å². The van der Waals surface area contributed by atoms with E-state index in [1.807, 2.05) is 54.6 Å². The molecule has 4 rings (SSSR count). The fourth-order valence-corrected chi connectivity index (χ4v) is 4.91. The molecule has 1 atom stereocenters. The van der Waals surface area contributed by atoms with Gasteiger partial charge in [0.2, 0.25) is 11.8 Å². The van der Waals surface area contributed by atoms with Crippen LogP contribution in [-0.4, -0.2) is 22.8 Å². The zero-order valence-corrected chi connectivity index (χ0v) is 23.9. The van der Waals surface area contributed by atoms with Crippen molar-refractivity contribution in [2.24, 2.45) is 0 Å². The first kappa shape index (κ1) is 29.0. The van der Waals surface area contributed by atoms with Gasteiger partial charge in [-0.1, -0.05) is 107 Å². The summed E-state index contributed by atoms with van der Waals surface area (Å²) in [4.78, 5) is 29.2. The number of nitrogens with zero attached hydrogens (tertiary/aromatic N) is 1. The maximum Gasteiger partial charge on any atom is 0.243 e. The number of benzene rings is 4. The summed E-state index contributed by atoms with van der Waals surface area (Å²) in [6.45, 7) is 0.427. The van der Waals surface area contributed by atoms with E-state index in [1.54, 1.807) is 47.4 Å². The molecule has 1 N–H and O–H groups in total. The first-order valence-electron chi connectivity index (χ1n) is 12.3. The lowest BCUT2D eigenvalue weighted by atomic mass is 10.0. The van der Waals surface area contributed by atoms with Crippen LogP contribution in [0.25, 0.3) is 0 Å². The molecule has 0 aromatic heterocycles. The Kier molecular flexibility index (Phi) is 10.3. The topological polar surface area (TPSA) is 49.4 Å². The van der Waals surface area contributed by atoms with E-state index in [1.165, 1.54) is 0 Å². The Bertz CT molecular complexity index is 1410. The average Bonchev–Trinajstić information content (AvgIpc) is 2.93. The molecule has 1 unspecified atom stereocenters. The second-order valence-corrected chi connectivity index (χ2v) is 10.8. The number of rotatable bonds is 10. The lowest BCUT2D eigenvalue weighted by Gasteiger charge is -2.32. The first-order valence-corrected chi connectivity index (χ1v) is 13.8. The molecular formula is C31H26Cl4N2O2. The Morgan fingerprint density at radius 2 is 1.28 bits per heavy atom. The number of halogens is 4. The maximum absolute atomic E-state index is 13.8. The Morgan fingerprint density at radius 1 is 0.692 bits per heavy atom. The van der Waals surface area contributed by atoms with E-state index in [0.29, 0.717) is 26.5 Å². The molecular weight excluding hydrogens is 574 g/mol. The normalized spacial score (nSPS) is 11.6. The van der Waals surface area contributed by atoms with Gasteiger partial charge < -0.3 is 10.2 Å². The van der Waals surface area contributed by atoms with Gasteiger partial charge in [-0.25, -0.2) is 0 Å². The number of nitrogens with one attached hydrogen (secondary N) is 1. The third kappa shape index (κ3) is 8.48. The monoisotopic (exact) mass is 598 g/mol. The van der Waals surface area contributed by atoms with Gasteiger partial charge in [-0.15, -0.1) is 0 Å². The minimum Gasteiger partial charge on any atom is -0.350 e. The van der Waals surface area contributed by atoms with Gasteiger partial charge in [-0.2, -0.15) is 0 Å². The second-order valence-electron chi connectivity index (χ2n) is 9.11. The number of hydrogen-bond acceptors (Lipinski definition) is 2. The highest BCUT2D eigenvalue weighted by Crippen LogP contribution is 2.22. The summed E-state index contributed by atoms with van der Waals surface area (Å²) >= 11 is 24.5. The third-order valence-electron chi connectivity index (χ3n) is 6.27. The molecule has 0 aliphatic carbocycles. The van der Waals surface area contributed by atoms with Crippen LogP contribution in [0.4, 0.5) is 0 Å². The predicted octanol–water partition coefficient (Wildman–Crippen LogP) is 7.80. The van der Waals surface area contributed by atoms with E-state index in [9.17, 15) is 9.59 Å². The van der Waals surface area contributed by atoms with Gasteiger partial charge in [0.05, 0.1) is 6.42 Å². The van der Waals surface area contributed by atoms with Crippen LogP contribution in [0.3, 0.4) is 0 Å². The highest BCUT2D eigenvalue weighted by atomic mass is 35.5. The quantitative estimate of drug-likeness (QED) is 0.202. The minimum absolute atomic E-state index is 0.117. The van der Waals surface area contributed by atoms with Crippen molar-refractivity contribution in [2.45, 2.75) is 32.0 Å². The van der Waals surface area contributed by atoms with Crippen molar-refractivity contribution in [1.82, 2.24) is 10.2 Å². The van der Waals surface area contributed by atoms with E-state index in [2.05, 4.69) is 5.32 Å². The lowest BCUT2D eigenvalue weighted by molar-refractivity contribution is -0.140. The van der Waals surface area contributed by atoms with Crippen molar-refractivity contribution in [3.05, 3.63) is 139 Å². The van der Waals surface area contributed by atoms with Crippen molar-refractivity contribution in [1.29, 1.82) is 0 Å². The van der Waals surface area contributed by atoms with E-state index < -0.39 is 6.04 Å². The Balaban J connectivity index is 1.65. The van der Waals surface area contributed by atoms with Crippen LogP contribution in [0.1, 0.15) is 22.3 Å². The summed E-state index contributed by atoms with van der Waals surface area (Å²) < 4.78 is 0.